The van der Waals surface area contributed by atoms with Crippen LogP contribution in [-0.2, 0) is 30.8 Å². The molecule has 0 aliphatic heterocycles. The average Bonchev–Trinajstić information content (AvgIpc) is 3.53. The number of ether oxygens (including phenoxy) is 1. The molecule has 5 aromatic rings. The first-order chi connectivity index (χ1) is 19.9. The van der Waals surface area contributed by atoms with Gasteiger partial charge in [-0.2, -0.15) is 9.65 Å². The zero-order valence-corrected chi connectivity index (χ0v) is 23.8. The summed E-state index contributed by atoms with van der Waals surface area (Å²) in [4.78, 5) is 16.7. The number of aromatic nitrogens is 3. The molecule has 208 valence electrons. The minimum Gasteiger partial charge on any atom is -0.489 e. The van der Waals surface area contributed by atoms with Gasteiger partial charge in [-0.3, -0.25) is 0 Å². The maximum Gasteiger partial charge on any atom is 0.355 e. The second-order valence-corrected chi connectivity index (χ2v) is 12.0. The lowest BCUT2D eigenvalue weighted by atomic mass is 9.97. The first-order valence-electron chi connectivity index (χ1n) is 13.3. The first kappa shape index (κ1) is 27.2. The summed E-state index contributed by atoms with van der Waals surface area (Å²) in [7, 11) is 0. The number of nitrogens with two attached hydrogens (primary N) is 1. The van der Waals surface area contributed by atoms with Gasteiger partial charge in [-0.15, -0.1) is 16.5 Å². The lowest BCUT2D eigenvalue weighted by Crippen LogP contribution is -2.11. The summed E-state index contributed by atoms with van der Waals surface area (Å²) in [6, 6.07) is 25.6. The van der Waals surface area contributed by atoms with Crippen molar-refractivity contribution in [3.63, 3.8) is 0 Å². The molecule has 2 aromatic heterocycles. The molecule has 0 spiro atoms. The molecule has 0 amide bonds. The summed E-state index contributed by atoms with van der Waals surface area (Å²) in [6.45, 7) is 0.442. The molecule has 1 fully saturated rings. The summed E-state index contributed by atoms with van der Waals surface area (Å²) in [5.74, 6) is 0.243. The van der Waals surface area contributed by atoms with E-state index in [1.165, 1.54) is 24.2 Å². The van der Waals surface area contributed by atoms with Crippen molar-refractivity contribution >= 4 is 28.7 Å². The van der Waals surface area contributed by atoms with Crippen molar-refractivity contribution in [2.45, 2.75) is 37.2 Å². The zero-order chi connectivity index (χ0) is 28.3. The quantitative estimate of drug-likeness (QED) is 0.159. The minimum absolute atomic E-state index is 0.00606. The Morgan fingerprint density at radius 2 is 1.83 bits per heavy atom. The number of thiazole rings is 1. The van der Waals surface area contributed by atoms with E-state index in [0.29, 0.717) is 29.0 Å². The Bertz CT molecular complexity index is 1660. The van der Waals surface area contributed by atoms with E-state index in [9.17, 15) is 14.5 Å². The zero-order valence-electron chi connectivity index (χ0n) is 22.1. The number of hydrogen-bond acceptors (Lipinski definition) is 7. The molecule has 1 aliphatic rings. The Kier molecular flexibility index (Phi) is 7.89. The standard InChI is InChI=1S/C31H28N4O4S2/c32-41(38)25-13-11-20(12-14-25)15-26-27(16-21-9-10-21)34-35(31-33-28(19-40-31)30(36)37)29(26)23-7-4-8-24(17-23)39-18-22-5-2-1-3-6-22/h1-8,11-14,17,19,21,38H,9-10,15-16,18,32H2/p+1. The summed E-state index contributed by atoms with van der Waals surface area (Å²) < 4.78 is 17.7. The number of rotatable bonds is 11. The maximum atomic E-state index is 11.6. The summed E-state index contributed by atoms with van der Waals surface area (Å²) >= 11 is -0.0420. The number of carboxylic acids is 1. The fourth-order valence-corrected chi connectivity index (χ4v) is 5.93. The molecule has 41 heavy (non-hydrogen) atoms. The second-order valence-electron chi connectivity index (χ2n) is 10.1. The summed E-state index contributed by atoms with van der Waals surface area (Å²) in [6.07, 6.45) is 3.80. The second kappa shape index (κ2) is 11.9. The molecule has 0 bridgehead atoms. The first-order valence-corrected chi connectivity index (χ1v) is 15.4. The Morgan fingerprint density at radius 3 is 2.51 bits per heavy atom. The van der Waals surface area contributed by atoms with Crippen molar-refractivity contribution < 1.29 is 19.2 Å². The van der Waals surface area contributed by atoms with E-state index in [4.69, 9.17) is 15.0 Å². The van der Waals surface area contributed by atoms with Crippen LogP contribution in [0.1, 0.15) is 45.7 Å². The summed E-state index contributed by atoms with van der Waals surface area (Å²) in [5.41, 5.74) is 5.94. The molecular formula is C31H29N4O4S2+. The molecule has 10 heteroatoms. The number of carboxylic acid groups (broad SMARTS) is 1. The van der Waals surface area contributed by atoms with Gasteiger partial charge in [0.25, 0.3) is 11.4 Å². The van der Waals surface area contributed by atoms with Crippen molar-refractivity contribution in [2.75, 3.05) is 0 Å². The van der Waals surface area contributed by atoms with Gasteiger partial charge in [-0.05, 0) is 60.6 Å². The maximum absolute atomic E-state index is 11.6. The third-order valence-electron chi connectivity index (χ3n) is 7.04. The predicted molar refractivity (Wildman–Crippen MR) is 161 cm³/mol. The van der Waals surface area contributed by atoms with Gasteiger partial charge in [0, 0.05) is 22.9 Å². The van der Waals surface area contributed by atoms with E-state index in [1.54, 1.807) is 10.1 Å². The number of nitrogens with zero attached hydrogens (tertiary/aromatic N) is 3. The SMILES string of the molecule is N[S+](O)c1ccc(Cc2c(CC3CC3)nn(-c3nc(C(=O)O)cs3)c2-c2cccc(OCc3ccccc3)c2)cc1. The molecule has 1 atom stereocenters. The van der Waals surface area contributed by atoms with E-state index < -0.39 is 17.3 Å². The van der Waals surface area contributed by atoms with Crippen molar-refractivity contribution in [1.29, 1.82) is 0 Å². The van der Waals surface area contributed by atoms with Crippen LogP contribution in [-0.4, -0.2) is 30.4 Å². The molecule has 3 aromatic carbocycles. The van der Waals surface area contributed by atoms with Crippen LogP contribution in [0.3, 0.4) is 0 Å². The van der Waals surface area contributed by atoms with E-state index in [1.807, 2.05) is 78.9 Å². The molecule has 4 N–H and O–H groups in total. The molecule has 1 aliphatic carbocycles. The molecule has 0 radical (unpaired) electrons. The topological polar surface area (TPSA) is 123 Å². The molecule has 2 heterocycles. The third-order valence-corrected chi connectivity index (χ3v) is 8.61. The highest BCUT2D eigenvalue weighted by Gasteiger charge is 2.29. The monoisotopic (exact) mass is 585 g/mol. The Balaban J connectivity index is 1.44. The van der Waals surface area contributed by atoms with Crippen LogP contribution in [0.25, 0.3) is 16.4 Å². The molecule has 8 nitrogen and oxygen atoms in total. The lowest BCUT2D eigenvalue weighted by molar-refractivity contribution is 0.0691. The lowest BCUT2D eigenvalue weighted by Gasteiger charge is -2.12. The molecule has 1 saturated carbocycles. The van der Waals surface area contributed by atoms with E-state index in [2.05, 4.69) is 4.98 Å². The number of carbonyl (C=O) groups is 1. The highest BCUT2D eigenvalue weighted by molar-refractivity contribution is 7.89. The molecule has 1 unspecified atom stereocenters. The van der Waals surface area contributed by atoms with Crippen LogP contribution < -0.4 is 9.88 Å². The van der Waals surface area contributed by atoms with Gasteiger partial charge in [0.2, 0.25) is 10.0 Å². The highest BCUT2D eigenvalue weighted by Crippen LogP contribution is 2.38. The molecular weight excluding hydrogens is 556 g/mol. The molecule has 0 saturated heterocycles. The van der Waals surface area contributed by atoms with Crippen LogP contribution in [0.5, 0.6) is 5.75 Å². The Labute approximate surface area is 244 Å². The van der Waals surface area contributed by atoms with Gasteiger partial charge in [0.1, 0.15) is 12.4 Å². The van der Waals surface area contributed by atoms with E-state index in [-0.39, 0.29) is 5.69 Å². The van der Waals surface area contributed by atoms with Gasteiger partial charge in [0.15, 0.2) is 5.69 Å². The van der Waals surface area contributed by atoms with Crippen LogP contribution in [0.15, 0.2) is 89.1 Å². The van der Waals surface area contributed by atoms with Crippen LogP contribution >= 0.6 is 11.3 Å². The predicted octanol–water partition coefficient (Wildman–Crippen LogP) is 6.14. The van der Waals surface area contributed by atoms with Gasteiger partial charge in [-0.25, -0.2) is 14.5 Å². The Morgan fingerprint density at radius 1 is 1.05 bits per heavy atom. The van der Waals surface area contributed by atoms with Gasteiger partial charge in [-0.1, -0.05) is 54.6 Å². The summed E-state index contributed by atoms with van der Waals surface area (Å²) in [5, 5.41) is 22.3. The van der Waals surface area contributed by atoms with Crippen LogP contribution in [0.2, 0.25) is 0 Å². The third kappa shape index (κ3) is 6.36. The van der Waals surface area contributed by atoms with Crippen molar-refractivity contribution in [1.82, 2.24) is 14.8 Å². The van der Waals surface area contributed by atoms with E-state index in [0.717, 1.165) is 45.8 Å². The normalized spacial score (nSPS) is 13.7. The van der Waals surface area contributed by atoms with Crippen molar-refractivity contribution in [3.8, 4) is 22.1 Å². The van der Waals surface area contributed by atoms with Gasteiger partial charge in [0.05, 0.1) is 11.4 Å². The number of benzene rings is 3. The van der Waals surface area contributed by atoms with E-state index >= 15 is 0 Å². The number of hydrogen-bond donors (Lipinski definition) is 3. The minimum atomic E-state index is -1.30. The van der Waals surface area contributed by atoms with Crippen LogP contribution in [0, 0.1) is 5.92 Å². The average molecular weight is 586 g/mol. The Hall–Kier alpha value is -3.96. The fraction of sp³-hybridized carbons (Fsp3) is 0.194. The largest absolute Gasteiger partial charge is 0.489 e. The molecule has 6 rings (SSSR count). The van der Waals surface area contributed by atoms with Crippen LogP contribution in [0.4, 0.5) is 0 Å². The van der Waals surface area contributed by atoms with Gasteiger partial charge >= 0.3 is 5.97 Å². The smallest absolute Gasteiger partial charge is 0.355 e. The highest BCUT2D eigenvalue weighted by atomic mass is 32.2. The van der Waals surface area contributed by atoms with Crippen molar-refractivity contribution in [3.05, 3.63) is 112 Å². The van der Waals surface area contributed by atoms with Gasteiger partial charge < -0.3 is 9.84 Å². The fourth-order valence-electron chi connectivity index (χ4n) is 4.76. The number of aromatic carboxylic acids is 1. The van der Waals surface area contributed by atoms with Crippen molar-refractivity contribution in [2.24, 2.45) is 11.1 Å².